The Balaban J connectivity index is 2.00. The number of halogens is 1. The van der Waals surface area contributed by atoms with Crippen LogP contribution < -0.4 is 10.1 Å². The Morgan fingerprint density at radius 3 is 2.93 bits per heavy atom. The van der Waals surface area contributed by atoms with Crippen molar-refractivity contribution in [2.45, 2.75) is 12.8 Å². The first-order valence-corrected chi connectivity index (χ1v) is 4.93. The molecular formula is C11H10FNO2. The second-order valence-corrected chi connectivity index (χ2v) is 4.16. The van der Waals surface area contributed by atoms with Crippen molar-refractivity contribution in [3.8, 4) is 5.75 Å². The lowest BCUT2D eigenvalue weighted by Gasteiger charge is -2.08. The number of benzene rings is 1. The Morgan fingerprint density at radius 1 is 1.40 bits per heavy atom. The summed E-state index contributed by atoms with van der Waals surface area (Å²) in [5, 5.41) is 2.71. The third-order valence-electron chi connectivity index (χ3n) is 3.03. The summed E-state index contributed by atoms with van der Waals surface area (Å²) in [6.45, 7) is 0.400. The average Bonchev–Trinajstić information content (AvgIpc) is 2.98. The van der Waals surface area contributed by atoms with Crippen LogP contribution in [0.2, 0.25) is 0 Å². The molecule has 0 aromatic heterocycles. The topological polar surface area (TPSA) is 38.3 Å². The van der Waals surface area contributed by atoms with E-state index in [0.717, 1.165) is 12.8 Å². The summed E-state index contributed by atoms with van der Waals surface area (Å²) in [6, 6.07) is 4.16. The lowest BCUT2D eigenvalue weighted by atomic mass is 10.1. The summed E-state index contributed by atoms with van der Waals surface area (Å²) in [4.78, 5) is 11.8. The maximum atomic E-state index is 13.0. The predicted molar refractivity (Wildman–Crippen MR) is 52.2 cm³/mol. The molecule has 78 valence electrons. The molecule has 0 bridgehead atoms. The van der Waals surface area contributed by atoms with E-state index in [1.54, 1.807) is 6.07 Å². The summed E-state index contributed by atoms with van der Waals surface area (Å²) in [5.74, 6) is 0.129. The van der Waals surface area contributed by atoms with Gasteiger partial charge in [-0.3, -0.25) is 4.79 Å². The molecule has 2 aliphatic rings. The van der Waals surface area contributed by atoms with Crippen molar-refractivity contribution in [2.24, 2.45) is 5.41 Å². The maximum absolute atomic E-state index is 13.0. The smallest absolute Gasteiger partial charge is 0.234 e. The molecule has 1 heterocycles. The average molecular weight is 207 g/mol. The Morgan fingerprint density at radius 2 is 2.20 bits per heavy atom. The van der Waals surface area contributed by atoms with Crippen LogP contribution in [0.3, 0.4) is 0 Å². The fraction of sp³-hybridized carbons (Fsp3) is 0.364. The van der Waals surface area contributed by atoms with Gasteiger partial charge in [-0.25, -0.2) is 4.39 Å². The Labute approximate surface area is 86.2 Å². The van der Waals surface area contributed by atoms with Gasteiger partial charge in [0.1, 0.15) is 18.2 Å². The third-order valence-corrected chi connectivity index (χ3v) is 3.03. The minimum atomic E-state index is -0.371. The van der Waals surface area contributed by atoms with Crippen molar-refractivity contribution in [1.29, 1.82) is 0 Å². The number of ether oxygens (including phenoxy) is 1. The molecule has 0 unspecified atom stereocenters. The fourth-order valence-electron chi connectivity index (χ4n) is 1.78. The number of anilines is 1. The SMILES string of the molecule is O=C1Nc2cc(F)ccc2OCC12CC2. The first kappa shape index (κ1) is 8.71. The van der Waals surface area contributed by atoms with E-state index in [0.29, 0.717) is 18.0 Å². The molecule has 3 rings (SSSR count). The highest BCUT2D eigenvalue weighted by molar-refractivity contribution is 5.99. The maximum Gasteiger partial charge on any atom is 0.234 e. The summed E-state index contributed by atoms with van der Waals surface area (Å²) in [6.07, 6.45) is 1.71. The lowest BCUT2D eigenvalue weighted by molar-refractivity contribution is -0.121. The van der Waals surface area contributed by atoms with E-state index in [-0.39, 0.29) is 17.1 Å². The number of carbonyl (C=O) groups excluding carboxylic acids is 1. The summed E-state index contributed by atoms with van der Waals surface area (Å²) >= 11 is 0. The van der Waals surface area contributed by atoms with Crippen molar-refractivity contribution in [1.82, 2.24) is 0 Å². The predicted octanol–water partition coefficient (Wildman–Crippen LogP) is 1.94. The molecule has 0 atom stereocenters. The van der Waals surface area contributed by atoms with Gasteiger partial charge >= 0.3 is 0 Å². The van der Waals surface area contributed by atoms with Gasteiger partial charge in [-0.1, -0.05) is 0 Å². The molecule has 1 aromatic carbocycles. The van der Waals surface area contributed by atoms with Gasteiger partial charge in [0.05, 0.1) is 11.1 Å². The van der Waals surface area contributed by atoms with Gasteiger partial charge in [0.2, 0.25) is 5.91 Å². The van der Waals surface area contributed by atoms with Crippen LogP contribution in [-0.2, 0) is 4.79 Å². The monoisotopic (exact) mass is 207 g/mol. The second-order valence-electron chi connectivity index (χ2n) is 4.16. The highest BCUT2D eigenvalue weighted by Gasteiger charge is 2.52. The van der Waals surface area contributed by atoms with Crippen LogP contribution in [0.5, 0.6) is 5.75 Å². The number of carbonyl (C=O) groups is 1. The van der Waals surface area contributed by atoms with Crippen LogP contribution in [-0.4, -0.2) is 12.5 Å². The molecule has 1 amide bonds. The standard InChI is InChI=1S/C11H10FNO2/c12-7-1-2-9-8(5-7)13-10(14)11(3-4-11)6-15-9/h1-2,5H,3-4,6H2,(H,13,14). The molecule has 1 N–H and O–H groups in total. The van der Waals surface area contributed by atoms with E-state index in [9.17, 15) is 9.18 Å². The third kappa shape index (κ3) is 1.28. The van der Waals surface area contributed by atoms with Crippen LogP contribution in [0.1, 0.15) is 12.8 Å². The van der Waals surface area contributed by atoms with E-state index < -0.39 is 0 Å². The zero-order chi connectivity index (χ0) is 10.5. The van der Waals surface area contributed by atoms with Gasteiger partial charge in [-0.2, -0.15) is 0 Å². The zero-order valence-electron chi connectivity index (χ0n) is 8.05. The quantitative estimate of drug-likeness (QED) is 0.706. The number of fused-ring (bicyclic) bond motifs is 1. The molecule has 15 heavy (non-hydrogen) atoms. The van der Waals surface area contributed by atoms with Gasteiger partial charge in [-0.15, -0.1) is 0 Å². The molecule has 4 heteroatoms. The minimum absolute atomic E-state index is 0.0492. The number of nitrogens with one attached hydrogen (secondary N) is 1. The second kappa shape index (κ2) is 2.72. The number of hydrogen-bond acceptors (Lipinski definition) is 2. The van der Waals surface area contributed by atoms with E-state index in [1.165, 1.54) is 12.1 Å². The summed E-state index contributed by atoms with van der Waals surface area (Å²) < 4.78 is 18.5. The normalized spacial score (nSPS) is 21.3. The van der Waals surface area contributed by atoms with Crippen LogP contribution in [0, 0.1) is 11.2 Å². The molecular weight excluding hydrogens is 197 g/mol. The molecule has 1 saturated carbocycles. The Hall–Kier alpha value is -1.58. The first-order chi connectivity index (χ1) is 7.20. The van der Waals surface area contributed by atoms with Crippen molar-refractivity contribution in [3.63, 3.8) is 0 Å². The van der Waals surface area contributed by atoms with Crippen LogP contribution in [0.25, 0.3) is 0 Å². The Kier molecular flexibility index (Phi) is 1.58. The van der Waals surface area contributed by atoms with Crippen molar-refractivity contribution in [2.75, 3.05) is 11.9 Å². The number of hydrogen-bond donors (Lipinski definition) is 1. The fourth-order valence-corrected chi connectivity index (χ4v) is 1.78. The van der Waals surface area contributed by atoms with Crippen LogP contribution in [0.4, 0.5) is 10.1 Å². The molecule has 0 radical (unpaired) electrons. The molecule has 1 fully saturated rings. The molecule has 1 aromatic rings. The van der Waals surface area contributed by atoms with Crippen LogP contribution in [0.15, 0.2) is 18.2 Å². The molecule has 1 aliphatic carbocycles. The van der Waals surface area contributed by atoms with Crippen molar-refractivity contribution < 1.29 is 13.9 Å². The number of rotatable bonds is 0. The van der Waals surface area contributed by atoms with E-state index in [4.69, 9.17) is 4.74 Å². The van der Waals surface area contributed by atoms with Crippen molar-refractivity contribution >= 4 is 11.6 Å². The van der Waals surface area contributed by atoms with Crippen LogP contribution >= 0.6 is 0 Å². The van der Waals surface area contributed by atoms with Gasteiger partial charge in [0.15, 0.2) is 0 Å². The molecule has 0 saturated heterocycles. The van der Waals surface area contributed by atoms with Gasteiger partial charge < -0.3 is 10.1 Å². The van der Waals surface area contributed by atoms with Gasteiger partial charge in [-0.05, 0) is 25.0 Å². The molecule has 3 nitrogen and oxygen atoms in total. The number of amides is 1. The van der Waals surface area contributed by atoms with Gasteiger partial charge in [0, 0.05) is 6.07 Å². The summed E-state index contributed by atoms with van der Waals surface area (Å²) in [7, 11) is 0. The lowest BCUT2D eigenvalue weighted by Crippen LogP contribution is -2.26. The summed E-state index contributed by atoms with van der Waals surface area (Å²) in [5.41, 5.74) is 0.0824. The largest absolute Gasteiger partial charge is 0.490 e. The van der Waals surface area contributed by atoms with E-state index in [1.807, 2.05) is 0 Å². The molecule has 1 aliphatic heterocycles. The van der Waals surface area contributed by atoms with Crippen molar-refractivity contribution in [3.05, 3.63) is 24.0 Å². The highest BCUT2D eigenvalue weighted by Crippen LogP contribution is 2.49. The van der Waals surface area contributed by atoms with E-state index in [2.05, 4.69) is 5.32 Å². The zero-order valence-corrected chi connectivity index (χ0v) is 8.05. The minimum Gasteiger partial charge on any atom is -0.490 e. The van der Waals surface area contributed by atoms with E-state index >= 15 is 0 Å². The first-order valence-electron chi connectivity index (χ1n) is 4.93. The highest BCUT2D eigenvalue weighted by atomic mass is 19.1. The molecule has 1 spiro atoms. The Bertz CT molecular complexity index is 440. The van der Waals surface area contributed by atoms with Gasteiger partial charge in [0.25, 0.3) is 0 Å².